The van der Waals surface area contributed by atoms with E-state index in [4.69, 9.17) is 0 Å². The molecule has 0 aromatic carbocycles. The van der Waals surface area contributed by atoms with Gasteiger partial charge < -0.3 is 9.42 Å². The molecular weight excluding hydrogens is 234 g/mol. The molecule has 7 heteroatoms. The van der Waals surface area contributed by atoms with Gasteiger partial charge in [0.1, 0.15) is 6.04 Å². The number of carbonyl (C=O) groups excluding carboxylic acids is 1. The number of likely N-dealkylation sites (N-methyl/N-ethyl adjacent to an activating group) is 1. The maximum absolute atomic E-state index is 12.1. The highest BCUT2D eigenvalue weighted by atomic mass is 16.5. The second-order valence-corrected chi connectivity index (χ2v) is 4.02. The van der Waals surface area contributed by atoms with E-state index in [0.717, 1.165) is 0 Å². The Hall–Kier alpha value is -2.18. The molecule has 96 valence electrons. The Labute approximate surface area is 104 Å². The van der Waals surface area contributed by atoms with E-state index >= 15 is 0 Å². The summed E-state index contributed by atoms with van der Waals surface area (Å²) in [4.78, 5) is 17.7. The third-order valence-corrected chi connectivity index (χ3v) is 2.73. The Kier molecular flexibility index (Phi) is 3.71. The first-order chi connectivity index (χ1) is 8.68. The summed E-state index contributed by atoms with van der Waals surface area (Å²) >= 11 is 0. The van der Waals surface area contributed by atoms with Gasteiger partial charge in [0.25, 0.3) is 0 Å². The first-order valence-electron chi connectivity index (χ1n) is 5.68. The largest absolute Gasteiger partial charge is 0.343 e. The van der Waals surface area contributed by atoms with Crippen molar-refractivity contribution in [2.24, 2.45) is 0 Å². The van der Waals surface area contributed by atoms with Crippen LogP contribution >= 0.6 is 0 Å². The first kappa shape index (κ1) is 12.3. The molecule has 0 saturated heterocycles. The van der Waals surface area contributed by atoms with Crippen LogP contribution in [0.4, 0.5) is 0 Å². The molecule has 2 rings (SSSR count). The highest BCUT2D eigenvalue weighted by Crippen LogP contribution is 2.07. The quantitative estimate of drug-likeness (QED) is 0.772. The zero-order valence-corrected chi connectivity index (χ0v) is 10.4. The fraction of sp³-hybridized carbons (Fsp3) is 0.455. The van der Waals surface area contributed by atoms with Crippen LogP contribution in [0.25, 0.3) is 0 Å². The second-order valence-electron chi connectivity index (χ2n) is 4.02. The molecule has 18 heavy (non-hydrogen) atoms. The fourth-order valence-corrected chi connectivity index (χ4v) is 1.62. The zero-order valence-electron chi connectivity index (χ0n) is 10.4. The van der Waals surface area contributed by atoms with E-state index in [1.807, 2.05) is 6.92 Å². The van der Waals surface area contributed by atoms with Crippen molar-refractivity contribution in [3.05, 3.63) is 30.7 Å². The van der Waals surface area contributed by atoms with Crippen LogP contribution in [-0.4, -0.2) is 44.3 Å². The van der Waals surface area contributed by atoms with Gasteiger partial charge in [-0.25, -0.2) is 0 Å². The molecule has 0 radical (unpaired) electrons. The van der Waals surface area contributed by atoms with E-state index in [0.29, 0.717) is 18.8 Å². The predicted octanol–water partition coefficient (Wildman–Crippen LogP) is 0.528. The molecule has 1 unspecified atom stereocenters. The molecule has 2 aromatic rings. The monoisotopic (exact) mass is 249 g/mol. The number of rotatable bonds is 5. The summed E-state index contributed by atoms with van der Waals surface area (Å²) < 4.78 is 6.27. The van der Waals surface area contributed by atoms with Crippen LogP contribution in [0.1, 0.15) is 18.8 Å². The Morgan fingerprint density at radius 2 is 2.44 bits per heavy atom. The van der Waals surface area contributed by atoms with Crippen LogP contribution in [0.2, 0.25) is 0 Å². The van der Waals surface area contributed by atoms with Gasteiger partial charge in [-0.05, 0) is 13.0 Å². The maximum atomic E-state index is 12.1. The van der Waals surface area contributed by atoms with Gasteiger partial charge in [-0.1, -0.05) is 5.16 Å². The highest BCUT2D eigenvalue weighted by Gasteiger charge is 2.19. The van der Waals surface area contributed by atoms with Crippen molar-refractivity contribution >= 4 is 5.91 Å². The predicted molar refractivity (Wildman–Crippen MR) is 62.6 cm³/mol. The summed E-state index contributed by atoms with van der Waals surface area (Å²) in [6.45, 7) is 2.37. The minimum absolute atomic E-state index is 0.00203. The molecule has 0 aliphatic heterocycles. The average molecular weight is 249 g/mol. The van der Waals surface area contributed by atoms with E-state index in [-0.39, 0.29) is 11.9 Å². The molecule has 1 atom stereocenters. The lowest BCUT2D eigenvalue weighted by atomic mass is 10.3. The minimum Gasteiger partial charge on any atom is -0.343 e. The van der Waals surface area contributed by atoms with Crippen molar-refractivity contribution in [3.8, 4) is 0 Å². The number of aromatic nitrogens is 4. The van der Waals surface area contributed by atoms with Crippen molar-refractivity contribution in [2.75, 3.05) is 13.6 Å². The van der Waals surface area contributed by atoms with Crippen molar-refractivity contribution < 1.29 is 9.32 Å². The number of hydrogen-bond acceptors (Lipinski definition) is 5. The lowest BCUT2D eigenvalue weighted by Crippen LogP contribution is -2.34. The second kappa shape index (κ2) is 5.44. The summed E-state index contributed by atoms with van der Waals surface area (Å²) in [5, 5.41) is 7.76. The fourth-order valence-electron chi connectivity index (χ4n) is 1.62. The van der Waals surface area contributed by atoms with E-state index in [2.05, 4.69) is 19.8 Å². The van der Waals surface area contributed by atoms with E-state index in [9.17, 15) is 4.79 Å². The summed E-state index contributed by atoms with van der Waals surface area (Å²) in [6.07, 6.45) is 5.28. The van der Waals surface area contributed by atoms with Gasteiger partial charge in [0.05, 0.1) is 0 Å². The topological polar surface area (TPSA) is 77.0 Å². The Morgan fingerprint density at radius 1 is 1.61 bits per heavy atom. The highest BCUT2D eigenvalue weighted by molar-refractivity contribution is 5.79. The minimum atomic E-state index is -0.310. The van der Waals surface area contributed by atoms with Crippen molar-refractivity contribution in [1.29, 1.82) is 0 Å². The molecule has 0 N–H and O–H groups in total. The molecule has 2 heterocycles. The summed E-state index contributed by atoms with van der Waals surface area (Å²) in [7, 11) is 1.75. The Morgan fingerprint density at radius 3 is 3.06 bits per heavy atom. The number of amides is 1. The number of hydrogen-bond donors (Lipinski definition) is 0. The van der Waals surface area contributed by atoms with Crippen molar-refractivity contribution in [3.63, 3.8) is 0 Å². The normalized spacial score (nSPS) is 12.3. The van der Waals surface area contributed by atoms with Gasteiger partial charge in [-0.2, -0.15) is 10.1 Å². The summed E-state index contributed by atoms with van der Waals surface area (Å²) in [6, 6.07) is 1.48. The Bertz CT molecular complexity index is 480. The van der Waals surface area contributed by atoms with E-state index in [1.54, 1.807) is 35.1 Å². The van der Waals surface area contributed by atoms with Crippen LogP contribution in [-0.2, 0) is 11.2 Å². The molecular formula is C11H15N5O2. The molecule has 7 nitrogen and oxygen atoms in total. The van der Waals surface area contributed by atoms with Gasteiger partial charge in [-0.15, -0.1) is 0 Å². The van der Waals surface area contributed by atoms with Crippen LogP contribution in [0.5, 0.6) is 0 Å². The molecule has 0 saturated carbocycles. The molecule has 0 fully saturated rings. The Balaban J connectivity index is 1.88. The van der Waals surface area contributed by atoms with E-state index in [1.165, 1.54) is 6.39 Å². The first-order valence-corrected chi connectivity index (χ1v) is 5.68. The van der Waals surface area contributed by atoms with E-state index < -0.39 is 0 Å². The standard InChI is InChI=1S/C11H15N5O2/c1-9(16-6-3-5-13-16)11(17)15(2)7-4-10-12-8-18-14-10/h3,5-6,8-9H,4,7H2,1-2H3. The third kappa shape index (κ3) is 2.73. The van der Waals surface area contributed by atoms with Crippen molar-refractivity contribution in [1.82, 2.24) is 24.8 Å². The lowest BCUT2D eigenvalue weighted by Gasteiger charge is -2.20. The number of nitrogens with zero attached hydrogens (tertiary/aromatic N) is 5. The molecule has 0 aliphatic rings. The molecule has 0 aliphatic carbocycles. The van der Waals surface area contributed by atoms with Crippen molar-refractivity contribution in [2.45, 2.75) is 19.4 Å². The van der Waals surface area contributed by atoms with Crippen LogP contribution in [0, 0.1) is 0 Å². The zero-order chi connectivity index (χ0) is 13.0. The molecule has 2 aromatic heterocycles. The average Bonchev–Trinajstić information content (AvgIpc) is 3.06. The van der Waals surface area contributed by atoms with Gasteiger partial charge in [0.2, 0.25) is 12.3 Å². The van der Waals surface area contributed by atoms with Crippen LogP contribution in [0.3, 0.4) is 0 Å². The lowest BCUT2D eigenvalue weighted by molar-refractivity contribution is -0.133. The molecule has 1 amide bonds. The summed E-state index contributed by atoms with van der Waals surface area (Å²) in [5.74, 6) is 0.601. The van der Waals surface area contributed by atoms with Gasteiger partial charge >= 0.3 is 0 Å². The SMILES string of the molecule is CC(C(=O)N(C)CCc1ncon1)n1cccn1. The maximum Gasteiger partial charge on any atom is 0.246 e. The smallest absolute Gasteiger partial charge is 0.246 e. The number of carbonyl (C=O) groups is 1. The van der Waals surface area contributed by atoms with Crippen LogP contribution in [0.15, 0.2) is 29.4 Å². The summed E-state index contributed by atoms with van der Waals surface area (Å²) in [5.41, 5.74) is 0. The third-order valence-electron chi connectivity index (χ3n) is 2.73. The van der Waals surface area contributed by atoms with Crippen LogP contribution < -0.4 is 0 Å². The molecule has 0 bridgehead atoms. The molecule has 0 spiro atoms. The van der Waals surface area contributed by atoms with Gasteiger partial charge in [0.15, 0.2) is 5.82 Å². The van der Waals surface area contributed by atoms with Gasteiger partial charge in [0, 0.05) is 32.4 Å². The van der Waals surface area contributed by atoms with Gasteiger partial charge in [-0.3, -0.25) is 9.48 Å².